The van der Waals surface area contributed by atoms with Crippen molar-refractivity contribution in [2.75, 3.05) is 6.61 Å². The molecule has 25 heavy (non-hydrogen) atoms. The van der Waals surface area contributed by atoms with E-state index in [0.717, 1.165) is 6.42 Å². The average Bonchev–Trinajstić information content (AvgIpc) is 2.59. The Morgan fingerprint density at radius 2 is 1.92 bits per heavy atom. The lowest BCUT2D eigenvalue weighted by molar-refractivity contribution is -0.137. The van der Waals surface area contributed by atoms with Gasteiger partial charge in [0.05, 0.1) is 19.1 Å². The number of rotatable bonds is 8. The summed E-state index contributed by atoms with van der Waals surface area (Å²) in [5, 5.41) is 12.3. The third-order valence-corrected chi connectivity index (χ3v) is 3.76. The molecule has 2 rings (SSSR count). The van der Waals surface area contributed by atoms with Crippen LogP contribution in [0.1, 0.15) is 41.7 Å². The van der Waals surface area contributed by atoms with Crippen LogP contribution in [0.3, 0.4) is 0 Å². The zero-order valence-corrected chi connectivity index (χ0v) is 14.6. The van der Waals surface area contributed by atoms with Crippen molar-refractivity contribution >= 4 is 23.5 Å². The molecule has 0 saturated carbocycles. The number of benzene rings is 2. The number of aliphatic carboxylic acids is 1. The molecular formula is C19H20ClNO4. The van der Waals surface area contributed by atoms with Crippen LogP contribution in [0.25, 0.3) is 0 Å². The minimum Gasteiger partial charge on any atom is -0.494 e. The monoisotopic (exact) mass is 361 g/mol. The van der Waals surface area contributed by atoms with E-state index in [1.165, 1.54) is 6.07 Å². The van der Waals surface area contributed by atoms with Gasteiger partial charge in [0.1, 0.15) is 5.75 Å². The molecule has 0 spiro atoms. The first-order valence-corrected chi connectivity index (χ1v) is 8.38. The van der Waals surface area contributed by atoms with Gasteiger partial charge in [-0.25, -0.2) is 0 Å². The number of carbonyl (C=O) groups excluding carboxylic acids is 1. The van der Waals surface area contributed by atoms with Gasteiger partial charge in [0.15, 0.2) is 0 Å². The van der Waals surface area contributed by atoms with Gasteiger partial charge in [0, 0.05) is 10.6 Å². The lowest BCUT2D eigenvalue weighted by Crippen LogP contribution is -2.30. The molecule has 0 aliphatic heterocycles. The first kappa shape index (κ1) is 18.8. The van der Waals surface area contributed by atoms with E-state index in [9.17, 15) is 9.59 Å². The Balaban J connectivity index is 2.15. The zero-order chi connectivity index (χ0) is 18.2. The molecule has 0 saturated heterocycles. The van der Waals surface area contributed by atoms with Crippen LogP contribution in [0.2, 0.25) is 5.02 Å². The van der Waals surface area contributed by atoms with Gasteiger partial charge in [-0.05, 0) is 42.3 Å². The van der Waals surface area contributed by atoms with E-state index in [-0.39, 0.29) is 12.3 Å². The summed E-state index contributed by atoms with van der Waals surface area (Å²) in [4.78, 5) is 23.5. The van der Waals surface area contributed by atoms with Crippen molar-refractivity contribution in [2.45, 2.75) is 25.8 Å². The third kappa shape index (κ3) is 5.80. The molecule has 0 heterocycles. The van der Waals surface area contributed by atoms with Crippen LogP contribution < -0.4 is 10.1 Å². The normalized spacial score (nSPS) is 11.6. The summed E-state index contributed by atoms with van der Waals surface area (Å²) < 4.78 is 5.52. The molecule has 6 heteroatoms. The van der Waals surface area contributed by atoms with Gasteiger partial charge in [-0.1, -0.05) is 36.7 Å². The highest BCUT2D eigenvalue weighted by Crippen LogP contribution is 2.22. The largest absolute Gasteiger partial charge is 0.494 e. The molecule has 0 bridgehead atoms. The van der Waals surface area contributed by atoms with Gasteiger partial charge in [0.25, 0.3) is 5.91 Å². The van der Waals surface area contributed by atoms with Gasteiger partial charge < -0.3 is 15.2 Å². The highest BCUT2D eigenvalue weighted by atomic mass is 35.5. The van der Waals surface area contributed by atoms with Crippen LogP contribution in [-0.4, -0.2) is 23.6 Å². The zero-order valence-electron chi connectivity index (χ0n) is 13.9. The summed E-state index contributed by atoms with van der Waals surface area (Å²) in [6, 6.07) is 12.9. The number of carboxylic acids is 1. The highest BCUT2D eigenvalue weighted by molar-refractivity contribution is 6.30. The minimum absolute atomic E-state index is 0.221. The Labute approximate surface area is 151 Å². The Kier molecular flexibility index (Phi) is 6.83. The van der Waals surface area contributed by atoms with Crippen LogP contribution in [0.4, 0.5) is 0 Å². The summed E-state index contributed by atoms with van der Waals surface area (Å²) in [7, 11) is 0. The second-order valence-electron chi connectivity index (χ2n) is 5.55. The van der Waals surface area contributed by atoms with Crippen LogP contribution in [0.15, 0.2) is 48.5 Å². The molecule has 0 aliphatic rings. The smallest absolute Gasteiger partial charge is 0.305 e. The van der Waals surface area contributed by atoms with Gasteiger partial charge in [-0.2, -0.15) is 0 Å². The quantitative estimate of drug-likeness (QED) is 0.743. The summed E-state index contributed by atoms with van der Waals surface area (Å²) in [6.07, 6.45) is 0.681. The molecule has 0 aromatic heterocycles. The molecule has 2 aromatic rings. The number of ether oxygens (including phenoxy) is 1. The second kappa shape index (κ2) is 9.08. The Bertz CT molecular complexity index is 730. The fraction of sp³-hybridized carbons (Fsp3) is 0.263. The standard InChI is InChI=1S/C19H20ClNO4/c1-2-10-25-16-8-6-13(7-9-16)17(12-18(22)23)21-19(24)14-4-3-5-15(20)11-14/h3-9,11,17H,2,10,12H2,1H3,(H,21,24)(H,22,23)/t17-/m1/s1. The predicted octanol–water partition coefficient (Wildman–Crippen LogP) is 4.07. The van der Waals surface area contributed by atoms with Crippen molar-refractivity contribution in [3.8, 4) is 5.75 Å². The molecule has 0 aliphatic carbocycles. The molecule has 1 atom stereocenters. The fourth-order valence-electron chi connectivity index (χ4n) is 2.31. The van der Waals surface area contributed by atoms with Crippen molar-refractivity contribution in [2.24, 2.45) is 0 Å². The summed E-state index contributed by atoms with van der Waals surface area (Å²) in [5.74, 6) is -0.663. The van der Waals surface area contributed by atoms with E-state index in [1.54, 1.807) is 42.5 Å². The first-order chi connectivity index (χ1) is 12.0. The molecule has 2 N–H and O–H groups in total. The van der Waals surface area contributed by atoms with E-state index in [4.69, 9.17) is 21.4 Å². The second-order valence-corrected chi connectivity index (χ2v) is 5.99. The first-order valence-electron chi connectivity index (χ1n) is 8.00. The minimum atomic E-state index is -0.997. The Morgan fingerprint density at radius 3 is 2.52 bits per heavy atom. The van der Waals surface area contributed by atoms with E-state index in [1.807, 2.05) is 6.92 Å². The van der Waals surface area contributed by atoms with E-state index in [2.05, 4.69) is 5.32 Å². The molecule has 2 aromatic carbocycles. The molecular weight excluding hydrogens is 342 g/mol. The number of hydrogen-bond acceptors (Lipinski definition) is 3. The van der Waals surface area contributed by atoms with E-state index >= 15 is 0 Å². The number of amides is 1. The van der Waals surface area contributed by atoms with Crippen molar-refractivity contribution in [3.05, 3.63) is 64.7 Å². The Hall–Kier alpha value is -2.53. The van der Waals surface area contributed by atoms with Crippen molar-refractivity contribution in [3.63, 3.8) is 0 Å². The maximum atomic E-state index is 12.4. The van der Waals surface area contributed by atoms with Crippen molar-refractivity contribution in [1.29, 1.82) is 0 Å². The molecule has 132 valence electrons. The van der Waals surface area contributed by atoms with Crippen molar-refractivity contribution in [1.82, 2.24) is 5.32 Å². The highest BCUT2D eigenvalue weighted by Gasteiger charge is 2.19. The third-order valence-electron chi connectivity index (χ3n) is 3.53. The number of hydrogen-bond donors (Lipinski definition) is 2. The van der Waals surface area contributed by atoms with Crippen LogP contribution in [-0.2, 0) is 4.79 Å². The number of nitrogens with one attached hydrogen (secondary N) is 1. The van der Waals surface area contributed by atoms with Crippen LogP contribution in [0.5, 0.6) is 5.75 Å². The van der Waals surface area contributed by atoms with Crippen LogP contribution in [0, 0.1) is 0 Å². The molecule has 5 nitrogen and oxygen atoms in total. The summed E-state index contributed by atoms with van der Waals surface area (Å²) in [6.45, 7) is 2.63. The predicted molar refractivity (Wildman–Crippen MR) is 96.1 cm³/mol. The van der Waals surface area contributed by atoms with Crippen molar-refractivity contribution < 1.29 is 19.4 Å². The molecule has 1 amide bonds. The number of halogens is 1. The number of carbonyl (C=O) groups is 2. The van der Waals surface area contributed by atoms with Gasteiger partial charge in [-0.3, -0.25) is 9.59 Å². The SMILES string of the molecule is CCCOc1ccc([C@@H](CC(=O)O)NC(=O)c2cccc(Cl)c2)cc1. The van der Waals surface area contributed by atoms with Crippen LogP contribution >= 0.6 is 11.6 Å². The summed E-state index contributed by atoms with van der Waals surface area (Å²) in [5.41, 5.74) is 1.08. The molecule has 0 unspecified atom stereocenters. The molecule has 0 radical (unpaired) electrons. The lowest BCUT2D eigenvalue weighted by atomic mass is 10.0. The van der Waals surface area contributed by atoms with Gasteiger partial charge in [-0.15, -0.1) is 0 Å². The average molecular weight is 362 g/mol. The van der Waals surface area contributed by atoms with Gasteiger partial charge >= 0.3 is 5.97 Å². The molecule has 0 fully saturated rings. The maximum absolute atomic E-state index is 12.4. The van der Waals surface area contributed by atoms with Gasteiger partial charge in [0.2, 0.25) is 0 Å². The Morgan fingerprint density at radius 1 is 1.20 bits per heavy atom. The lowest BCUT2D eigenvalue weighted by Gasteiger charge is -2.18. The summed E-state index contributed by atoms with van der Waals surface area (Å²) >= 11 is 5.90. The maximum Gasteiger partial charge on any atom is 0.305 e. The number of carboxylic acid groups (broad SMARTS) is 1. The van der Waals surface area contributed by atoms with E-state index < -0.39 is 12.0 Å². The van der Waals surface area contributed by atoms with E-state index in [0.29, 0.717) is 28.5 Å². The fourth-order valence-corrected chi connectivity index (χ4v) is 2.50. The topological polar surface area (TPSA) is 75.6 Å².